The molecule has 5 rings (SSSR count). The fraction of sp³-hybridized carbons (Fsp3) is 0.304. The van der Waals surface area contributed by atoms with Gasteiger partial charge in [-0.15, -0.1) is 0 Å². The molecule has 0 saturated carbocycles. The lowest BCUT2D eigenvalue weighted by atomic mass is 10.1. The molecule has 2 aromatic carbocycles. The van der Waals surface area contributed by atoms with Crippen LogP contribution in [0.3, 0.4) is 0 Å². The third-order valence-electron chi connectivity index (χ3n) is 5.72. The molecule has 8 nitrogen and oxygen atoms in total. The normalized spacial score (nSPS) is 16.9. The van der Waals surface area contributed by atoms with Crippen LogP contribution in [0.4, 0.5) is 5.95 Å². The monoisotopic (exact) mass is 486 g/mol. The minimum atomic E-state index is -3.68. The summed E-state index contributed by atoms with van der Waals surface area (Å²) in [6.45, 7) is 3.32. The van der Waals surface area contributed by atoms with Gasteiger partial charge in [-0.3, -0.25) is 0 Å². The topological polar surface area (TPSA) is 84.9 Å². The Labute approximate surface area is 197 Å². The Bertz CT molecular complexity index is 1250. The van der Waals surface area contributed by atoms with Crippen molar-refractivity contribution in [3.8, 4) is 11.5 Å². The molecule has 0 amide bonds. The molecule has 0 atom stereocenters. The summed E-state index contributed by atoms with van der Waals surface area (Å²) in [6, 6.07) is 13.5. The highest BCUT2D eigenvalue weighted by molar-refractivity contribution is 7.89. The second-order valence-electron chi connectivity index (χ2n) is 7.83. The summed E-state index contributed by atoms with van der Waals surface area (Å²) in [5.41, 5.74) is 1.74. The van der Waals surface area contributed by atoms with Gasteiger partial charge in [0.15, 0.2) is 0 Å². The first kappa shape index (κ1) is 22.1. The summed E-state index contributed by atoms with van der Waals surface area (Å²) in [7, 11) is -3.68. The third kappa shape index (κ3) is 4.67. The minimum Gasteiger partial charge on any atom is -0.456 e. The Morgan fingerprint density at radius 3 is 2.52 bits per heavy atom. The molecule has 0 bridgehead atoms. The predicted octanol–water partition coefficient (Wildman–Crippen LogP) is 3.51. The van der Waals surface area contributed by atoms with E-state index < -0.39 is 10.0 Å². The zero-order chi connectivity index (χ0) is 22.8. The first-order chi connectivity index (χ1) is 16.0. The van der Waals surface area contributed by atoms with E-state index >= 15 is 0 Å². The van der Waals surface area contributed by atoms with Gasteiger partial charge in [0.05, 0.1) is 35.4 Å². The second-order valence-corrected chi connectivity index (χ2v) is 10.2. The van der Waals surface area contributed by atoms with Crippen LogP contribution in [0.15, 0.2) is 59.6 Å². The van der Waals surface area contributed by atoms with E-state index in [0.717, 1.165) is 24.3 Å². The van der Waals surface area contributed by atoms with Crippen molar-refractivity contribution in [2.75, 3.05) is 37.7 Å². The van der Waals surface area contributed by atoms with E-state index in [1.165, 1.54) is 4.31 Å². The number of nitrogens with zero attached hydrogens (tertiary/aromatic N) is 4. The number of aromatic nitrogens is 2. The molecule has 0 spiro atoms. The van der Waals surface area contributed by atoms with Gasteiger partial charge >= 0.3 is 0 Å². The number of morpholine rings is 1. The lowest BCUT2D eigenvalue weighted by Crippen LogP contribution is -2.39. The zero-order valence-corrected chi connectivity index (χ0v) is 19.4. The van der Waals surface area contributed by atoms with E-state index in [1.807, 2.05) is 18.3 Å². The highest BCUT2D eigenvalue weighted by atomic mass is 35.5. The van der Waals surface area contributed by atoms with Gasteiger partial charge in [0.25, 0.3) is 0 Å². The van der Waals surface area contributed by atoms with Crippen molar-refractivity contribution in [3.05, 3.63) is 71.0 Å². The first-order valence-electron chi connectivity index (χ1n) is 10.7. The molecular weight excluding hydrogens is 464 g/mol. The Morgan fingerprint density at radius 1 is 1.00 bits per heavy atom. The smallest absolute Gasteiger partial charge is 0.243 e. The molecule has 172 valence electrons. The molecule has 10 heteroatoms. The number of hydrogen-bond acceptors (Lipinski definition) is 7. The van der Waals surface area contributed by atoms with Gasteiger partial charge in [0, 0.05) is 25.8 Å². The molecular formula is C23H23ClN4O4S. The van der Waals surface area contributed by atoms with Gasteiger partial charge in [-0.2, -0.15) is 4.31 Å². The molecule has 0 N–H and O–H groups in total. The van der Waals surface area contributed by atoms with E-state index in [-0.39, 0.29) is 11.4 Å². The number of sulfonamides is 1. The molecule has 33 heavy (non-hydrogen) atoms. The van der Waals surface area contributed by atoms with Crippen LogP contribution < -0.4 is 9.64 Å². The highest BCUT2D eigenvalue weighted by Crippen LogP contribution is 2.30. The number of para-hydroxylation sites is 1. The summed E-state index contributed by atoms with van der Waals surface area (Å²) in [5, 5.41) is 0.486. The number of hydrogen-bond donors (Lipinski definition) is 0. The molecule has 1 fully saturated rings. The van der Waals surface area contributed by atoms with Crippen molar-refractivity contribution in [2.45, 2.75) is 17.9 Å². The van der Waals surface area contributed by atoms with Crippen molar-refractivity contribution >= 4 is 27.6 Å². The van der Waals surface area contributed by atoms with Crippen molar-refractivity contribution < 1.29 is 17.9 Å². The van der Waals surface area contributed by atoms with Crippen LogP contribution >= 0.6 is 11.6 Å². The Balaban J connectivity index is 1.33. The predicted molar refractivity (Wildman–Crippen MR) is 124 cm³/mol. The van der Waals surface area contributed by atoms with Crippen molar-refractivity contribution in [1.82, 2.24) is 14.3 Å². The first-order valence-corrected chi connectivity index (χ1v) is 12.5. The van der Waals surface area contributed by atoms with E-state index in [1.54, 1.807) is 36.4 Å². The lowest BCUT2D eigenvalue weighted by Gasteiger charge is -2.30. The molecule has 2 aliphatic heterocycles. The van der Waals surface area contributed by atoms with Crippen LogP contribution in [0.5, 0.6) is 11.5 Å². The number of halogens is 1. The summed E-state index contributed by atoms with van der Waals surface area (Å²) < 4.78 is 39.2. The number of rotatable bonds is 5. The van der Waals surface area contributed by atoms with Gasteiger partial charge in [-0.1, -0.05) is 23.7 Å². The van der Waals surface area contributed by atoms with Gasteiger partial charge in [-0.25, -0.2) is 18.4 Å². The summed E-state index contributed by atoms with van der Waals surface area (Å²) in [4.78, 5) is 11.4. The summed E-state index contributed by atoms with van der Waals surface area (Å²) in [6.07, 6.45) is 2.39. The van der Waals surface area contributed by atoms with Gasteiger partial charge in [-0.05, 0) is 48.4 Å². The SMILES string of the molecule is O=S(=O)(c1ccc(Oc2ccccc2Cl)cc1)N1CCc2cnc(N3CCOCC3)nc2C1. The van der Waals surface area contributed by atoms with E-state index in [0.29, 0.717) is 48.6 Å². The molecule has 1 saturated heterocycles. The Hall–Kier alpha value is -2.72. The summed E-state index contributed by atoms with van der Waals surface area (Å²) in [5.74, 6) is 1.64. The molecule has 0 aliphatic carbocycles. The van der Waals surface area contributed by atoms with Crippen LogP contribution in [-0.4, -0.2) is 55.5 Å². The molecule has 3 heterocycles. The van der Waals surface area contributed by atoms with E-state index in [9.17, 15) is 8.42 Å². The molecule has 2 aliphatic rings. The quantitative estimate of drug-likeness (QED) is 0.545. The number of fused-ring (bicyclic) bond motifs is 1. The number of ether oxygens (including phenoxy) is 2. The molecule has 0 radical (unpaired) electrons. The standard InChI is InChI=1S/C23H23ClN4O4S/c24-20-3-1-2-4-22(20)32-18-5-7-19(8-6-18)33(29,30)28-10-9-17-15-25-23(26-21(17)16-28)27-11-13-31-14-12-27/h1-8,15H,9-14,16H2. The maximum Gasteiger partial charge on any atom is 0.243 e. The minimum absolute atomic E-state index is 0.208. The summed E-state index contributed by atoms with van der Waals surface area (Å²) >= 11 is 6.13. The second kappa shape index (κ2) is 9.26. The fourth-order valence-corrected chi connectivity index (χ4v) is 5.45. The largest absolute Gasteiger partial charge is 0.456 e. The fourth-order valence-electron chi connectivity index (χ4n) is 3.87. The highest BCUT2D eigenvalue weighted by Gasteiger charge is 2.30. The average molecular weight is 487 g/mol. The van der Waals surface area contributed by atoms with Crippen LogP contribution in [-0.2, 0) is 27.7 Å². The third-order valence-corrected chi connectivity index (χ3v) is 7.89. The van der Waals surface area contributed by atoms with Crippen LogP contribution in [0.1, 0.15) is 11.3 Å². The van der Waals surface area contributed by atoms with E-state index in [2.05, 4.69) is 14.9 Å². The molecule has 1 aromatic heterocycles. The van der Waals surface area contributed by atoms with Crippen molar-refractivity contribution in [1.29, 1.82) is 0 Å². The number of benzene rings is 2. The van der Waals surface area contributed by atoms with E-state index in [4.69, 9.17) is 21.1 Å². The molecule has 3 aromatic rings. The average Bonchev–Trinajstić information content (AvgIpc) is 2.85. The maximum absolute atomic E-state index is 13.3. The van der Waals surface area contributed by atoms with Crippen LogP contribution in [0.25, 0.3) is 0 Å². The van der Waals surface area contributed by atoms with Crippen molar-refractivity contribution in [3.63, 3.8) is 0 Å². The zero-order valence-electron chi connectivity index (χ0n) is 17.9. The Morgan fingerprint density at radius 2 is 1.76 bits per heavy atom. The number of anilines is 1. The maximum atomic E-state index is 13.3. The van der Waals surface area contributed by atoms with Crippen LogP contribution in [0, 0.1) is 0 Å². The van der Waals surface area contributed by atoms with Crippen LogP contribution in [0.2, 0.25) is 5.02 Å². The van der Waals surface area contributed by atoms with Crippen molar-refractivity contribution in [2.24, 2.45) is 0 Å². The Kier molecular flexibility index (Phi) is 6.20. The molecule has 0 unspecified atom stereocenters. The van der Waals surface area contributed by atoms with Gasteiger partial charge in [0.2, 0.25) is 16.0 Å². The van der Waals surface area contributed by atoms with Gasteiger partial charge in [0.1, 0.15) is 11.5 Å². The lowest BCUT2D eigenvalue weighted by molar-refractivity contribution is 0.122. The van der Waals surface area contributed by atoms with Gasteiger partial charge < -0.3 is 14.4 Å².